The topological polar surface area (TPSA) is 96.9 Å². The number of allylic oxidation sites excluding steroid dienone is 2. The Balaban J connectivity index is 1.63. The van der Waals surface area contributed by atoms with E-state index in [-0.39, 0.29) is 11.9 Å². The number of hydrogen-bond donors (Lipinski definition) is 3. The molecule has 0 radical (unpaired) electrons. The third kappa shape index (κ3) is 2.89. The Kier molecular flexibility index (Phi) is 4.24. The van der Waals surface area contributed by atoms with Crippen LogP contribution in [0.25, 0.3) is 10.9 Å². The number of ether oxygens (including phenoxy) is 1. The van der Waals surface area contributed by atoms with Crippen molar-refractivity contribution in [3.63, 3.8) is 0 Å². The van der Waals surface area contributed by atoms with Crippen LogP contribution in [0, 0.1) is 0 Å². The van der Waals surface area contributed by atoms with Gasteiger partial charge >= 0.3 is 0 Å². The summed E-state index contributed by atoms with van der Waals surface area (Å²) in [6.07, 6.45) is 3.44. The van der Waals surface area contributed by atoms with Gasteiger partial charge in [0.15, 0.2) is 0 Å². The molecule has 150 valence electrons. The predicted molar refractivity (Wildman–Crippen MR) is 113 cm³/mol. The normalized spacial score (nSPS) is 15.6. The zero-order valence-electron chi connectivity index (χ0n) is 16.5. The first-order chi connectivity index (χ1) is 14.7. The summed E-state index contributed by atoms with van der Waals surface area (Å²) < 4.78 is 7.19. The number of aromatic amines is 1. The maximum absolute atomic E-state index is 12.9. The second kappa shape index (κ2) is 7.07. The summed E-state index contributed by atoms with van der Waals surface area (Å²) in [4.78, 5) is 20.6. The molecule has 8 heteroatoms. The summed E-state index contributed by atoms with van der Waals surface area (Å²) in [5.74, 6) is 1.19. The first-order valence-corrected chi connectivity index (χ1v) is 9.54. The number of nitrogens with one attached hydrogen (secondary N) is 3. The molecule has 0 saturated heterocycles. The fraction of sp³-hybridized carbons (Fsp3) is 0.136. The van der Waals surface area contributed by atoms with Crippen molar-refractivity contribution in [1.29, 1.82) is 0 Å². The Morgan fingerprint density at radius 2 is 2.03 bits per heavy atom. The van der Waals surface area contributed by atoms with Gasteiger partial charge in [-0.15, -0.1) is 0 Å². The average molecular weight is 400 g/mol. The van der Waals surface area contributed by atoms with Crippen LogP contribution >= 0.6 is 0 Å². The molecule has 2 aromatic heterocycles. The van der Waals surface area contributed by atoms with E-state index in [4.69, 9.17) is 4.74 Å². The second-order valence-electron chi connectivity index (χ2n) is 7.07. The third-order valence-electron chi connectivity index (χ3n) is 5.29. The molecule has 1 aliphatic rings. The van der Waals surface area contributed by atoms with Gasteiger partial charge in [-0.25, -0.2) is 4.68 Å². The van der Waals surface area contributed by atoms with Crippen molar-refractivity contribution in [2.75, 3.05) is 12.4 Å². The number of carbonyl (C=O) groups is 1. The van der Waals surface area contributed by atoms with Crippen molar-refractivity contribution >= 4 is 22.8 Å². The van der Waals surface area contributed by atoms with Gasteiger partial charge in [-0.05, 0) is 37.3 Å². The highest BCUT2D eigenvalue weighted by atomic mass is 16.5. The number of carbonyl (C=O) groups excluding carboxylic acids is 1. The summed E-state index contributed by atoms with van der Waals surface area (Å²) in [5.41, 5.74) is 4.03. The van der Waals surface area contributed by atoms with Gasteiger partial charge < -0.3 is 20.4 Å². The van der Waals surface area contributed by atoms with E-state index in [0.717, 1.165) is 27.9 Å². The van der Waals surface area contributed by atoms with Gasteiger partial charge in [0.05, 0.1) is 12.8 Å². The molecule has 1 aliphatic heterocycles. The number of rotatable bonds is 4. The lowest BCUT2D eigenvalue weighted by molar-refractivity contribution is 0.0961. The SMILES string of the molecule is COc1ccc2[nH]cc([C@H]3C(NC(=O)c4ccccc4)=C(C)Nc4ncnn43)c2c1. The molecule has 4 aromatic rings. The van der Waals surface area contributed by atoms with Crippen LogP contribution in [0.3, 0.4) is 0 Å². The van der Waals surface area contributed by atoms with E-state index in [1.54, 1.807) is 23.9 Å². The molecule has 0 unspecified atom stereocenters. The van der Waals surface area contributed by atoms with Crippen LogP contribution in [-0.4, -0.2) is 32.8 Å². The van der Waals surface area contributed by atoms with Crippen LogP contribution in [0.4, 0.5) is 5.95 Å². The second-order valence-corrected chi connectivity index (χ2v) is 7.07. The minimum absolute atomic E-state index is 0.183. The van der Waals surface area contributed by atoms with Crippen molar-refractivity contribution in [2.45, 2.75) is 13.0 Å². The first kappa shape index (κ1) is 18.0. The Bertz CT molecular complexity index is 1270. The summed E-state index contributed by atoms with van der Waals surface area (Å²) in [5, 5.41) is 11.7. The van der Waals surface area contributed by atoms with E-state index in [1.807, 2.05) is 49.5 Å². The number of methoxy groups -OCH3 is 1. The van der Waals surface area contributed by atoms with Gasteiger partial charge in [0.2, 0.25) is 5.95 Å². The van der Waals surface area contributed by atoms with Crippen LogP contribution in [0.2, 0.25) is 0 Å². The van der Waals surface area contributed by atoms with Gasteiger partial charge in [-0.3, -0.25) is 4.79 Å². The highest BCUT2D eigenvalue weighted by Crippen LogP contribution is 2.37. The van der Waals surface area contributed by atoms with Crippen LogP contribution in [0.15, 0.2) is 72.4 Å². The van der Waals surface area contributed by atoms with E-state index >= 15 is 0 Å². The molecule has 0 bridgehead atoms. The Morgan fingerprint density at radius 3 is 2.83 bits per heavy atom. The minimum Gasteiger partial charge on any atom is -0.497 e. The lowest BCUT2D eigenvalue weighted by Crippen LogP contribution is -2.35. The van der Waals surface area contributed by atoms with Crippen LogP contribution in [0.1, 0.15) is 28.9 Å². The Hall–Kier alpha value is -4.07. The Labute approximate surface area is 172 Å². The molecule has 0 spiro atoms. The molecule has 30 heavy (non-hydrogen) atoms. The molecule has 3 N–H and O–H groups in total. The lowest BCUT2D eigenvalue weighted by Gasteiger charge is -2.29. The minimum atomic E-state index is -0.364. The van der Waals surface area contributed by atoms with Crippen molar-refractivity contribution < 1.29 is 9.53 Å². The van der Waals surface area contributed by atoms with E-state index < -0.39 is 0 Å². The molecule has 0 saturated carbocycles. The molecule has 5 rings (SSSR count). The van der Waals surface area contributed by atoms with Gasteiger partial charge in [-0.2, -0.15) is 10.1 Å². The fourth-order valence-electron chi connectivity index (χ4n) is 3.80. The largest absolute Gasteiger partial charge is 0.497 e. The zero-order chi connectivity index (χ0) is 20.7. The summed E-state index contributed by atoms with van der Waals surface area (Å²) in [6, 6.07) is 14.6. The maximum Gasteiger partial charge on any atom is 0.255 e. The highest BCUT2D eigenvalue weighted by molar-refractivity contribution is 5.96. The van der Waals surface area contributed by atoms with E-state index in [1.165, 1.54) is 6.33 Å². The molecule has 0 fully saturated rings. The predicted octanol–water partition coefficient (Wildman–Crippen LogP) is 3.44. The van der Waals surface area contributed by atoms with E-state index in [9.17, 15) is 4.79 Å². The molecular formula is C22H20N6O2. The smallest absolute Gasteiger partial charge is 0.255 e. The fourth-order valence-corrected chi connectivity index (χ4v) is 3.80. The Morgan fingerprint density at radius 1 is 1.20 bits per heavy atom. The number of fused-ring (bicyclic) bond motifs is 2. The molecule has 1 amide bonds. The monoisotopic (exact) mass is 400 g/mol. The third-order valence-corrected chi connectivity index (χ3v) is 5.29. The molecule has 0 aliphatic carbocycles. The number of amides is 1. The van der Waals surface area contributed by atoms with E-state index in [0.29, 0.717) is 17.2 Å². The van der Waals surface area contributed by atoms with Crippen LogP contribution < -0.4 is 15.4 Å². The van der Waals surface area contributed by atoms with Gasteiger partial charge in [0.1, 0.15) is 18.1 Å². The number of hydrogen-bond acceptors (Lipinski definition) is 5. The summed E-state index contributed by atoms with van der Waals surface area (Å²) in [7, 11) is 1.64. The van der Waals surface area contributed by atoms with Crippen LogP contribution in [0.5, 0.6) is 5.75 Å². The highest BCUT2D eigenvalue weighted by Gasteiger charge is 2.32. The molecule has 3 heterocycles. The first-order valence-electron chi connectivity index (χ1n) is 9.54. The molecular weight excluding hydrogens is 380 g/mol. The van der Waals surface area contributed by atoms with Gasteiger partial charge in [0.25, 0.3) is 5.91 Å². The van der Waals surface area contributed by atoms with E-state index in [2.05, 4.69) is 25.7 Å². The van der Waals surface area contributed by atoms with Crippen molar-refractivity contribution in [1.82, 2.24) is 25.1 Å². The molecule has 2 aromatic carbocycles. The number of nitrogens with zero attached hydrogens (tertiary/aromatic N) is 3. The standard InChI is InChI=1S/C22H20N6O2/c1-13-19(27-21(29)14-6-4-3-5-7-14)20(28-22(26-13)24-12-25-28)17-11-23-18-9-8-15(30-2)10-16(17)18/h3-12,20,23H,1-2H3,(H,27,29)(H,24,25,26)/t20-/m0/s1. The van der Waals surface area contributed by atoms with Gasteiger partial charge in [-0.1, -0.05) is 18.2 Å². The zero-order valence-corrected chi connectivity index (χ0v) is 16.5. The van der Waals surface area contributed by atoms with Crippen LogP contribution in [-0.2, 0) is 0 Å². The molecule has 8 nitrogen and oxygen atoms in total. The summed E-state index contributed by atoms with van der Waals surface area (Å²) >= 11 is 0. The number of H-pyrrole nitrogens is 1. The molecule has 1 atom stereocenters. The average Bonchev–Trinajstić information content (AvgIpc) is 3.41. The maximum atomic E-state index is 12.9. The summed E-state index contributed by atoms with van der Waals surface area (Å²) in [6.45, 7) is 1.92. The van der Waals surface area contributed by atoms with Gasteiger partial charge in [0, 0.05) is 33.9 Å². The van der Waals surface area contributed by atoms with Crippen molar-refractivity contribution in [3.05, 3.63) is 83.6 Å². The quantitative estimate of drug-likeness (QED) is 0.488. The van der Waals surface area contributed by atoms with Crippen molar-refractivity contribution in [2.24, 2.45) is 0 Å². The number of anilines is 1. The number of benzene rings is 2. The number of aromatic nitrogens is 4. The van der Waals surface area contributed by atoms with Crippen molar-refractivity contribution in [3.8, 4) is 5.75 Å². The lowest BCUT2D eigenvalue weighted by atomic mass is 9.99.